The molecule has 1 aromatic rings. The van der Waals surface area contributed by atoms with Crippen LogP contribution in [0.4, 0.5) is 5.69 Å². The molecule has 1 rings (SSSR count). The smallest absolute Gasteiger partial charge is 0.305 e. The van der Waals surface area contributed by atoms with Gasteiger partial charge in [0, 0.05) is 11.9 Å². The lowest BCUT2D eigenvalue weighted by Crippen LogP contribution is -2.34. The molecule has 19 heavy (non-hydrogen) atoms. The molecule has 3 N–H and O–H groups in total. The highest BCUT2D eigenvalue weighted by Crippen LogP contribution is 2.12. The summed E-state index contributed by atoms with van der Waals surface area (Å²) in [5.74, 6) is -1.17. The van der Waals surface area contributed by atoms with Crippen LogP contribution in [0.2, 0.25) is 5.02 Å². The molecule has 1 aromatic carbocycles. The number of aliphatic imine (C=N–C) groups is 1. The van der Waals surface area contributed by atoms with Crippen LogP contribution in [0.15, 0.2) is 29.3 Å². The molecular formula is C12H14ClN3O3. The number of ketones is 1. The normalized spacial score (nSPS) is 10.9. The molecule has 0 saturated heterocycles. The molecule has 0 atom stereocenters. The lowest BCUT2D eigenvalue weighted by molar-refractivity contribution is -0.136. The third-order valence-electron chi connectivity index (χ3n) is 2.10. The Bertz CT molecular complexity index is 485. The number of hydrogen-bond donors (Lipinski definition) is 3. The van der Waals surface area contributed by atoms with E-state index in [0.717, 1.165) is 0 Å². The summed E-state index contributed by atoms with van der Waals surface area (Å²) < 4.78 is 0. The zero-order chi connectivity index (χ0) is 14.3. The summed E-state index contributed by atoms with van der Waals surface area (Å²) in [5.41, 5.74) is 6.13. The van der Waals surface area contributed by atoms with E-state index in [1.54, 1.807) is 24.3 Å². The summed E-state index contributed by atoms with van der Waals surface area (Å²) in [4.78, 5) is 25.5. The monoisotopic (exact) mass is 283 g/mol. The Morgan fingerprint density at radius 3 is 2.47 bits per heavy atom. The standard InChI is InChI=1S/C12H14ClN3O3/c1-8(17)12(14-7-6-11(18)19)16-15-10-4-2-9(13)3-5-10/h2-5,15H,6-7H2,1H3,(H,14,16)(H,18,19). The summed E-state index contributed by atoms with van der Waals surface area (Å²) in [6.07, 6.45) is -0.126. The van der Waals surface area contributed by atoms with E-state index in [1.165, 1.54) is 6.92 Å². The lowest BCUT2D eigenvalue weighted by atomic mass is 10.3. The number of aliphatic carboxylic acids is 1. The minimum atomic E-state index is -0.961. The zero-order valence-corrected chi connectivity index (χ0v) is 11.1. The molecule has 0 bridgehead atoms. The first kappa shape index (κ1) is 15.0. The SMILES string of the molecule is CC(=O)C(=NCCC(=O)O)NNc1ccc(Cl)cc1. The molecule has 0 aliphatic rings. The van der Waals surface area contributed by atoms with Crippen LogP contribution in [0, 0.1) is 0 Å². The number of amidine groups is 1. The Labute approximate surface area is 115 Å². The fourth-order valence-corrected chi connectivity index (χ4v) is 1.29. The van der Waals surface area contributed by atoms with Gasteiger partial charge in [0.2, 0.25) is 0 Å². The van der Waals surface area contributed by atoms with Crippen molar-refractivity contribution in [3.8, 4) is 0 Å². The van der Waals surface area contributed by atoms with Crippen molar-refractivity contribution in [1.29, 1.82) is 0 Å². The van der Waals surface area contributed by atoms with Gasteiger partial charge in [0.15, 0.2) is 11.6 Å². The number of carboxylic acids is 1. The van der Waals surface area contributed by atoms with E-state index in [4.69, 9.17) is 16.7 Å². The summed E-state index contributed by atoms with van der Waals surface area (Å²) in [7, 11) is 0. The van der Waals surface area contributed by atoms with E-state index in [0.29, 0.717) is 10.7 Å². The van der Waals surface area contributed by atoms with Gasteiger partial charge in [0.25, 0.3) is 0 Å². The molecule has 0 unspecified atom stereocenters. The number of carbonyl (C=O) groups excluding carboxylic acids is 1. The highest BCUT2D eigenvalue weighted by atomic mass is 35.5. The number of hydrogen-bond acceptors (Lipinski definition) is 4. The van der Waals surface area contributed by atoms with E-state index in [1.807, 2.05) is 0 Å². The van der Waals surface area contributed by atoms with Crippen molar-refractivity contribution in [2.24, 2.45) is 4.99 Å². The van der Waals surface area contributed by atoms with Gasteiger partial charge in [-0.25, -0.2) is 0 Å². The number of hydrazine groups is 1. The van der Waals surface area contributed by atoms with Gasteiger partial charge in [-0.1, -0.05) is 11.6 Å². The maximum Gasteiger partial charge on any atom is 0.305 e. The molecule has 0 saturated carbocycles. The van der Waals surface area contributed by atoms with Crippen molar-refractivity contribution in [3.05, 3.63) is 29.3 Å². The van der Waals surface area contributed by atoms with Gasteiger partial charge in [-0.05, 0) is 24.3 Å². The number of Topliss-reactive ketones (excluding diaryl/α,β-unsaturated/α-hetero) is 1. The quantitative estimate of drug-likeness (QED) is 0.420. The van der Waals surface area contributed by atoms with Crippen LogP contribution < -0.4 is 10.9 Å². The number of anilines is 1. The van der Waals surface area contributed by atoms with E-state index in [2.05, 4.69) is 15.8 Å². The highest BCUT2D eigenvalue weighted by molar-refractivity contribution is 6.38. The zero-order valence-electron chi connectivity index (χ0n) is 10.3. The van der Waals surface area contributed by atoms with E-state index in [-0.39, 0.29) is 24.6 Å². The molecule has 6 nitrogen and oxygen atoms in total. The van der Waals surface area contributed by atoms with Gasteiger partial charge < -0.3 is 5.11 Å². The van der Waals surface area contributed by atoms with Crippen molar-refractivity contribution in [1.82, 2.24) is 5.43 Å². The first-order chi connectivity index (χ1) is 8.99. The Balaban J connectivity index is 2.56. The van der Waals surface area contributed by atoms with E-state index in [9.17, 15) is 9.59 Å². The Morgan fingerprint density at radius 2 is 1.95 bits per heavy atom. The Kier molecular flexibility index (Phi) is 5.81. The van der Waals surface area contributed by atoms with Gasteiger partial charge in [-0.2, -0.15) is 0 Å². The lowest BCUT2D eigenvalue weighted by Gasteiger charge is -2.10. The second kappa shape index (κ2) is 7.38. The maximum absolute atomic E-state index is 11.3. The fourth-order valence-electron chi connectivity index (χ4n) is 1.17. The van der Waals surface area contributed by atoms with Crippen molar-refractivity contribution >= 4 is 34.9 Å². The van der Waals surface area contributed by atoms with Crippen molar-refractivity contribution in [2.75, 3.05) is 12.0 Å². The average molecular weight is 284 g/mol. The van der Waals surface area contributed by atoms with Crippen LogP contribution in [-0.4, -0.2) is 29.2 Å². The van der Waals surface area contributed by atoms with Gasteiger partial charge >= 0.3 is 5.97 Å². The summed E-state index contributed by atoms with van der Waals surface area (Å²) in [5, 5.41) is 9.10. The van der Waals surface area contributed by atoms with Gasteiger partial charge in [0.05, 0.1) is 18.7 Å². The van der Waals surface area contributed by atoms with Crippen molar-refractivity contribution in [3.63, 3.8) is 0 Å². The molecule has 0 radical (unpaired) electrons. The van der Waals surface area contributed by atoms with Crippen LogP contribution >= 0.6 is 11.6 Å². The van der Waals surface area contributed by atoms with Crippen LogP contribution in [0.5, 0.6) is 0 Å². The van der Waals surface area contributed by atoms with E-state index >= 15 is 0 Å². The fraction of sp³-hybridized carbons (Fsp3) is 0.250. The first-order valence-corrected chi connectivity index (χ1v) is 5.91. The molecule has 0 heterocycles. The third kappa shape index (κ3) is 5.87. The predicted octanol–water partition coefficient (Wildman–Crippen LogP) is 1.72. The molecule has 0 aromatic heterocycles. The van der Waals surface area contributed by atoms with Crippen molar-refractivity contribution in [2.45, 2.75) is 13.3 Å². The minimum absolute atomic E-state index is 0.0412. The molecule has 0 spiro atoms. The van der Waals surface area contributed by atoms with Crippen LogP contribution in [0.25, 0.3) is 0 Å². The van der Waals surface area contributed by atoms with E-state index < -0.39 is 5.97 Å². The Morgan fingerprint density at radius 1 is 1.32 bits per heavy atom. The average Bonchev–Trinajstić information content (AvgIpc) is 2.34. The van der Waals surface area contributed by atoms with Crippen LogP contribution in [0.3, 0.4) is 0 Å². The molecule has 102 valence electrons. The number of carbonyl (C=O) groups is 2. The number of nitrogens with one attached hydrogen (secondary N) is 2. The third-order valence-corrected chi connectivity index (χ3v) is 2.35. The Hall–Kier alpha value is -2.08. The number of nitrogens with zero attached hydrogens (tertiary/aromatic N) is 1. The van der Waals surface area contributed by atoms with Crippen LogP contribution in [-0.2, 0) is 9.59 Å². The number of rotatable bonds is 6. The van der Waals surface area contributed by atoms with Crippen molar-refractivity contribution < 1.29 is 14.7 Å². The molecule has 0 fully saturated rings. The second-order valence-corrected chi connectivity index (χ2v) is 4.12. The number of halogens is 1. The molecular weight excluding hydrogens is 270 g/mol. The van der Waals surface area contributed by atoms with Gasteiger partial charge in [0.1, 0.15) is 0 Å². The predicted molar refractivity (Wildman–Crippen MR) is 73.4 cm³/mol. The highest BCUT2D eigenvalue weighted by Gasteiger charge is 2.05. The molecule has 0 aliphatic carbocycles. The van der Waals surface area contributed by atoms with Gasteiger partial charge in [-0.15, -0.1) is 0 Å². The summed E-state index contributed by atoms with van der Waals surface area (Å²) in [6.45, 7) is 1.38. The minimum Gasteiger partial charge on any atom is -0.481 e. The van der Waals surface area contributed by atoms with Crippen LogP contribution in [0.1, 0.15) is 13.3 Å². The van der Waals surface area contributed by atoms with Gasteiger partial charge in [-0.3, -0.25) is 25.4 Å². The first-order valence-electron chi connectivity index (χ1n) is 5.54. The number of carboxylic acid groups (broad SMARTS) is 1. The second-order valence-electron chi connectivity index (χ2n) is 3.69. The molecule has 7 heteroatoms. The molecule has 0 amide bonds. The topological polar surface area (TPSA) is 90.8 Å². The molecule has 0 aliphatic heterocycles. The summed E-state index contributed by atoms with van der Waals surface area (Å²) >= 11 is 5.74. The maximum atomic E-state index is 11.3. The largest absolute Gasteiger partial charge is 0.481 e. The summed E-state index contributed by atoms with van der Waals surface area (Å²) in [6, 6.07) is 6.84. The number of benzene rings is 1.